The first kappa shape index (κ1) is 27.0. The highest BCUT2D eigenvalue weighted by molar-refractivity contribution is 7.92. The van der Waals surface area contributed by atoms with Gasteiger partial charge >= 0.3 is 0 Å². The number of hydrogen-bond donors (Lipinski definition) is 1. The number of likely N-dealkylation sites (N-methyl/N-ethyl adjacent to an activating group) is 1. The Morgan fingerprint density at radius 1 is 1.03 bits per heavy atom. The minimum absolute atomic E-state index is 0.0432. The van der Waals surface area contributed by atoms with Crippen LogP contribution in [0.25, 0.3) is 0 Å². The van der Waals surface area contributed by atoms with E-state index < -0.39 is 28.5 Å². The molecule has 0 saturated heterocycles. The normalized spacial score (nSPS) is 12.2. The average molecular weight is 514 g/mol. The second-order valence-electron chi connectivity index (χ2n) is 7.65. The smallest absolute Gasteiger partial charge is 0.244 e. The van der Waals surface area contributed by atoms with E-state index in [1.165, 1.54) is 4.90 Å². The zero-order valence-electron chi connectivity index (χ0n) is 19.1. The number of hydrogen-bond acceptors (Lipinski definition) is 4. The van der Waals surface area contributed by atoms with E-state index in [0.717, 1.165) is 16.1 Å². The van der Waals surface area contributed by atoms with E-state index in [1.54, 1.807) is 56.3 Å². The van der Waals surface area contributed by atoms with Crippen molar-refractivity contribution in [2.24, 2.45) is 0 Å². The molecule has 2 aromatic carbocycles. The number of aryl methyl sites for hydroxylation is 1. The average Bonchev–Trinajstić information content (AvgIpc) is 2.74. The molecule has 0 fully saturated rings. The summed E-state index contributed by atoms with van der Waals surface area (Å²) in [4.78, 5) is 27.6. The zero-order valence-corrected chi connectivity index (χ0v) is 21.5. The Morgan fingerprint density at radius 2 is 1.61 bits per heavy atom. The van der Waals surface area contributed by atoms with Crippen molar-refractivity contribution in [3.8, 4) is 0 Å². The van der Waals surface area contributed by atoms with Crippen LogP contribution in [0.15, 0.2) is 42.5 Å². The fourth-order valence-electron chi connectivity index (χ4n) is 3.39. The van der Waals surface area contributed by atoms with Gasteiger partial charge in [-0.1, -0.05) is 53.9 Å². The number of rotatable bonds is 10. The first-order valence-electron chi connectivity index (χ1n) is 10.5. The lowest BCUT2D eigenvalue weighted by molar-refractivity contribution is -0.140. The number of sulfonamides is 1. The molecule has 0 aromatic heterocycles. The molecular weight excluding hydrogens is 485 g/mol. The predicted octanol–water partition coefficient (Wildman–Crippen LogP) is 4.01. The van der Waals surface area contributed by atoms with Crippen molar-refractivity contribution in [1.82, 2.24) is 10.2 Å². The molecule has 0 aliphatic carbocycles. The highest BCUT2D eigenvalue weighted by atomic mass is 35.5. The molecule has 1 N–H and O–H groups in total. The highest BCUT2D eigenvalue weighted by Crippen LogP contribution is 2.27. The summed E-state index contributed by atoms with van der Waals surface area (Å²) in [6.07, 6.45) is 1.36. The molecule has 0 aliphatic rings. The van der Waals surface area contributed by atoms with Crippen molar-refractivity contribution < 1.29 is 18.0 Å². The third-order valence-electron chi connectivity index (χ3n) is 5.13. The van der Waals surface area contributed by atoms with Crippen molar-refractivity contribution in [3.05, 3.63) is 63.6 Å². The van der Waals surface area contributed by atoms with Crippen molar-refractivity contribution in [3.63, 3.8) is 0 Å². The molecule has 2 aromatic rings. The van der Waals surface area contributed by atoms with Gasteiger partial charge in [0.2, 0.25) is 21.8 Å². The van der Waals surface area contributed by atoms with Crippen LogP contribution in [0.3, 0.4) is 0 Å². The van der Waals surface area contributed by atoms with Gasteiger partial charge < -0.3 is 10.2 Å². The molecule has 1 atom stereocenters. The quantitative estimate of drug-likeness (QED) is 0.519. The number of anilines is 1. The van der Waals surface area contributed by atoms with E-state index >= 15 is 0 Å². The minimum Gasteiger partial charge on any atom is -0.355 e. The zero-order chi connectivity index (χ0) is 24.8. The number of carbonyl (C=O) groups is 2. The fourth-order valence-corrected chi connectivity index (χ4v) is 4.76. The predicted molar refractivity (Wildman–Crippen MR) is 133 cm³/mol. The van der Waals surface area contributed by atoms with Gasteiger partial charge in [-0.05, 0) is 44.5 Å². The summed E-state index contributed by atoms with van der Waals surface area (Å²) in [5, 5.41) is 3.44. The first-order chi connectivity index (χ1) is 15.5. The van der Waals surface area contributed by atoms with Crippen LogP contribution in [0, 0.1) is 6.92 Å². The largest absolute Gasteiger partial charge is 0.355 e. The van der Waals surface area contributed by atoms with E-state index in [-0.39, 0.29) is 12.5 Å². The Morgan fingerprint density at radius 3 is 2.09 bits per heavy atom. The van der Waals surface area contributed by atoms with E-state index in [0.29, 0.717) is 34.3 Å². The van der Waals surface area contributed by atoms with Crippen molar-refractivity contribution in [2.45, 2.75) is 39.8 Å². The maximum atomic E-state index is 13.5. The molecule has 0 aliphatic heterocycles. The lowest BCUT2D eigenvalue weighted by Gasteiger charge is -2.33. The summed E-state index contributed by atoms with van der Waals surface area (Å²) in [5.41, 5.74) is 1.80. The maximum absolute atomic E-state index is 13.5. The highest BCUT2D eigenvalue weighted by Gasteiger charge is 2.32. The lowest BCUT2D eigenvalue weighted by Crippen LogP contribution is -2.52. The molecule has 0 saturated carbocycles. The van der Waals surface area contributed by atoms with Gasteiger partial charge in [-0.2, -0.15) is 0 Å². The summed E-state index contributed by atoms with van der Waals surface area (Å²) in [6.45, 7) is 5.32. The SMILES string of the molecule is CCNC(=O)[C@@H](CC)N(Cc1c(Cl)cccc1Cl)C(=O)CN(c1ccc(C)cc1)S(C)(=O)=O. The molecular formula is C23H29Cl2N3O4S. The van der Waals surface area contributed by atoms with Crippen LogP contribution in [0.4, 0.5) is 5.69 Å². The van der Waals surface area contributed by atoms with Crippen LogP contribution in [0.1, 0.15) is 31.4 Å². The molecule has 0 unspecified atom stereocenters. The van der Waals surface area contributed by atoms with E-state index in [9.17, 15) is 18.0 Å². The lowest BCUT2D eigenvalue weighted by atomic mass is 10.1. The molecule has 2 amide bonds. The van der Waals surface area contributed by atoms with Gasteiger partial charge in [-0.15, -0.1) is 0 Å². The molecule has 0 heterocycles. The van der Waals surface area contributed by atoms with Gasteiger partial charge in [0, 0.05) is 28.7 Å². The topological polar surface area (TPSA) is 86.8 Å². The number of halogens is 2. The van der Waals surface area contributed by atoms with Crippen molar-refractivity contribution in [1.29, 1.82) is 0 Å². The van der Waals surface area contributed by atoms with E-state index in [2.05, 4.69) is 5.32 Å². The summed E-state index contributed by atoms with van der Waals surface area (Å²) >= 11 is 12.7. The molecule has 0 spiro atoms. The molecule has 7 nitrogen and oxygen atoms in total. The van der Waals surface area contributed by atoms with Crippen LogP contribution in [0.5, 0.6) is 0 Å². The summed E-state index contributed by atoms with van der Waals surface area (Å²) < 4.78 is 26.1. The molecule has 10 heteroatoms. The Bertz CT molecular complexity index is 1070. The number of nitrogens with zero attached hydrogens (tertiary/aromatic N) is 2. The maximum Gasteiger partial charge on any atom is 0.244 e. The van der Waals surface area contributed by atoms with Gasteiger partial charge in [0.05, 0.1) is 11.9 Å². The summed E-state index contributed by atoms with van der Waals surface area (Å²) in [5.74, 6) is -0.882. The molecule has 2 rings (SSSR count). The van der Waals surface area contributed by atoms with Crippen LogP contribution < -0.4 is 9.62 Å². The molecule has 0 radical (unpaired) electrons. The number of nitrogens with one attached hydrogen (secondary N) is 1. The Hall–Kier alpha value is -2.29. The Kier molecular flexibility index (Phi) is 9.57. The van der Waals surface area contributed by atoms with Gasteiger partial charge in [0.1, 0.15) is 12.6 Å². The molecule has 33 heavy (non-hydrogen) atoms. The van der Waals surface area contributed by atoms with E-state index in [4.69, 9.17) is 23.2 Å². The number of amides is 2. The number of benzene rings is 2. The third-order valence-corrected chi connectivity index (χ3v) is 6.98. The van der Waals surface area contributed by atoms with Gasteiger partial charge in [0.15, 0.2) is 0 Å². The minimum atomic E-state index is -3.78. The standard InChI is InChI=1S/C23H29Cl2N3O4S/c1-5-21(23(30)26-6-2)27(14-18-19(24)8-7-9-20(18)25)22(29)15-28(33(4,31)32)17-12-10-16(3)11-13-17/h7-13,21H,5-6,14-15H2,1-4H3,(H,26,30)/t21-/m1/s1. The second kappa shape index (κ2) is 11.7. The third kappa shape index (κ3) is 7.09. The van der Waals surface area contributed by atoms with Crippen LogP contribution in [-0.4, -0.2) is 50.5 Å². The molecule has 180 valence electrons. The molecule has 0 bridgehead atoms. The van der Waals surface area contributed by atoms with Gasteiger partial charge in [0.25, 0.3) is 0 Å². The Balaban J connectivity index is 2.48. The first-order valence-corrected chi connectivity index (χ1v) is 13.1. The van der Waals surface area contributed by atoms with Gasteiger partial charge in [-0.25, -0.2) is 8.42 Å². The number of carbonyl (C=O) groups excluding carboxylic acids is 2. The van der Waals surface area contributed by atoms with Crippen LogP contribution >= 0.6 is 23.2 Å². The Labute approximate surface area is 205 Å². The van der Waals surface area contributed by atoms with Crippen molar-refractivity contribution in [2.75, 3.05) is 23.7 Å². The second-order valence-corrected chi connectivity index (χ2v) is 10.4. The van der Waals surface area contributed by atoms with Crippen LogP contribution in [0.2, 0.25) is 10.0 Å². The van der Waals surface area contributed by atoms with E-state index in [1.807, 2.05) is 6.92 Å². The fraction of sp³-hybridized carbons (Fsp3) is 0.391. The monoisotopic (exact) mass is 513 g/mol. The van der Waals surface area contributed by atoms with Crippen LogP contribution in [-0.2, 0) is 26.2 Å². The summed E-state index contributed by atoms with van der Waals surface area (Å²) in [7, 11) is -3.78. The van der Waals surface area contributed by atoms with Gasteiger partial charge in [-0.3, -0.25) is 13.9 Å². The van der Waals surface area contributed by atoms with Crippen molar-refractivity contribution >= 4 is 50.7 Å². The summed E-state index contributed by atoms with van der Waals surface area (Å²) in [6, 6.07) is 11.0.